The van der Waals surface area contributed by atoms with E-state index in [4.69, 9.17) is 0 Å². The van der Waals surface area contributed by atoms with E-state index in [0.717, 1.165) is 18.4 Å². The van der Waals surface area contributed by atoms with Crippen LogP contribution in [0.3, 0.4) is 0 Å². The Morgan fingerprint density at radius 2 is 2.00 bits per heavy atom. The summed E-state index contributed by atoms with van der Waals surface area (Å²) in [5.41, 5.74) is 3.90. The third-order valence-corrected chi connectivity index (χ3v) is 2.78. The summed E-state index contributed by atoms with van der Waals surface area (Å²) < 4.78 is 0. The van der Waals surface area contributed by atoms with Gasteiger partial charge in [0, 0.05) is 18.1 Å². The van der Waals surface area contributed by atoms with Crippen LogP contribution in [0.1, 0.15) is 25.3 Å². The molecule has 0 aromatic heterocycles. The summed E-state index contributed by atoms with van der Waals surface area (Å²) in [5.74, 6) is 0.0506. The molecule has 0 bridgehead atoms. The van der Waals surface area contributed by atoms with Crippen LogP contribution in [0.4, 0.5) is 5.69 Å². The van der Waals surface area contributed by atoms with Crippen molar-refractivity contribution in [1.82, 2.24) is 5.43 Å². The molecule has 0 unspecified atom stereocenters. The molecule has 1 aliphatic rings. The SMILES string of the molecule is C/C(=N/NC(=O)C1CC1)c1ccc([N+](=O)[O-])cc1. The molecule has 0 heterocycles. The van der Waals surface area contributed by atoms with E-state index in [-0.39, 0.29) is 17.5 Å². The second-order valence-electron chi connectivity index (χ2n) is 4.25. The third-order valence-electron chi connectivity index (χ3n) is 2.78. The summed E-state index contributed by atoms with van der Waals surface area (Å²) in [6.45, 7) is 1.74. The Morgan fingerprint density at radius 1 is 1.39 bits per heavy atom. The molecule has 18 heavy (non-hydrogen) atoms. The number of carbonyl (C=O) groups excluding carboxylic acids is 1. The van der Waals surface area contributed by atoms with Crippen LogP contribution in [0.5, 0.6) is 0 Å². The zero-order valence-corrected chi connectivity index (χ0v) is 9.92. The van der Waals surface area contributed by atoms with Crippen LogP contribution in [0.25, 0.3) is 0 Å². The molecule has 1 N–H and O–H groups in total. The minimum Gasteiger partial charge on any atom is -0.273 e. The molecule has 0 spiro atoms. The molecule has 0 aliphatic heterocycles. The van der Waals surface area contributed by atoms with Crippen LogP contribution in [0, 0.1) is 16.0 Å². The number of hydrogen-bond donors (Lipinski definition) is 1. The molecule has 0 radical (unpaired) electrons. The predicted molar refractivity (Wildman–Crippen MR) is 66.2 cm³/mol. The second kappa shape index (κ2) is 4.95. The van der Waals surface area contributed by atoms with Gasteiger partial charge in [0.1, 0.15) is 0 Å². The van der Waals surface area contributed by atoms with Gasteiger partial charge in [0.15, 0.2) is 0 Å². The lowest BCUT2D eigenvalue weighted by Gasteiger charge is -2.01. The minimum atomic E-state index is -0.453. The number of nitro benzene ring substituents is 1. The van der Waals surface area contributed by atoms with Gasteiger partial charge < -0.3 is 0 Å². The van der Waals surface area contributed by atoms with E-state index in [9.17, 15) is 14.9 Å². The highest BCUT2D eigenvalue weighted by Gasteiger charge is 2.29. The van der Waals surface area contributed by atoms with Crippen molar-refractivity contribution in [1.29, 1.82) is 0 Å². The van der Waals surface area contributed by atoms with Gasteiger partial charge in [-0.15, -0.1) is 0 Å². The first kappa shape index (κ1) is 12.2. The second-order valence-corrected chi connectivity index (χ2v) is 4.25. The molecule has 2 rings (SSSR count). The van der Waals surface area contributed by atoms with Crippen LogP contribution >= 0.6 is 0 Å². The van der Waals surface area contributed by atoms with Gasteiger partial charge in [-0.2, -0.15) is 5.10 Å². The Bertz CT molecular complexity index is 504. The highest BCUT2D eigenvalue weighted by molar-refractivity contribution is 5.99. The first-order valence-corrected chi connectivity index (χ1v) is 5.67. The fraction of sp³-hybridized carbons (Fsp3) is 0.333. The van der Waals surface area contributed by atoms with E-state index in [0.29, 0.717) is 5.71 Å². The summed E-state index contributed by atoms with van der Waals surface area (Å²) in [4.78, 5) is 21.4. The molecule has 1 aromatic rings. The van der Waals surface area contributed by atoms with E-state index < -0.39 is 4.92 Å². The zero-order chi connectivity index (χ0) is 13.1. The average molecular weight is 247 g/mol. The van der Waals surface area contributed by atoms with E-state index in [2.05, 4.69) is 10.5 Å². The van der Waals surface area contributed by atoms with Crippen molar-refractivity contribution in [2.24, 2.45) is 11.0 Å². The Morgan fingerprint density at radius 3 is 2.50 bits per heavy atom. The third kappa shape index (κ3) is 2.91. The number of amides is 1. The van der Waals surface area contributed by atoms with Gasteiger partial charge in [-0.05, 0) is 37.5 Å². The number of non-ortho nitro benzene ring substituents is 1. The van der Waals surface area contributed by atoms with Crippen LogP contribution in [-0.2, 0) is 4.79 Å². The number of nitrogens with zero attached hydrogens (tertiary/aromatic N) is 2. The summed E-state index contributed by atoms with van der Waals surface area (Å²) in [6, 6.07) is 6.05. The maximum absolute atomic E-state index is 11.4. The zero-order valence-electron chi connectivity index (χ0n) is 9.92. The molecule has 1 aliphatic carbocycles. The molecular weight excluding hydrogens is 234 g/mol. The molecular formula is C12H13N3O3. The van der Waals surface area contributed by atoms with Gasteiger partial charge in [0.25, 0.3) is 5.69 Å². The number of nitro groups is 1. The molecule has 1 aromatic carbocycles. The van der Waals surface area contributed by atoms with Crippen LogP contribution in [0.2, 0.25) is 0 Å². The van der Waals surface area contributed by atoms with Crippen LogP contribution in [0.15, 0.2) is 29.4 Å². The van der Waals surface area contributed by atoms with Gasteiger partial charge >= 0.3 is 0 Å². The lowest BCUT2D eigenvalue weighted by atomic mass is 10.1. The number of rotatable bonds is 4. The molecule has 6 heteroatoms. The van der Waals surface area contributed by atoms with Crippen molar-refractivity contribution in [3.63, 3.8) is 0 Å². The van der Waals surface area contributed by atoms with Gasteiger partial charge in [-0.25, -0.2) is 5.43 Å². The minimum absolute atomic E-state index is 0.0357. The van der Waals surface area contributed by atoms with E-state index in [1.54, 1.807) is 19.1 Å². The molecule has 0 atom stereocenters. The standard InChI is InChI=1S/C12H13N3O3/c1-8(13-14-12(16)10-2-3-10)9-4-6-11(7-5-9)15(17)18/h4-7,10H,2-3H2,1H3,(H,14,16)/b13-8-. The first-order valence-electron chi connectivity index (χ1n) is 5.67. The Labute approximate surface area is 104 Å². The Hall–Kier alpha value is -2.24. The lowest BCUT2D eigenvalue weighted by molar-refractivity contribution is -0.384. The molecule has 1 fully saturated rings. The normalized spacial score (nSPS) is 15.3. The largest absolute Gasteiger partial charge is 0.273 e. The molecule has 1 saturated carbocycles. The van der Waals surface area contributed by atoms with Gasteiger partial charge in [0.05, 0.1) is 10.6 Å². The summed E-state index contributed by atoms with van der Waals surface area (Å²) in [7, 11) is 0. The maximum atomic E-state index is 11.4. The number of benzene rings is 1. The van der Waals surface area contributed by atoms with Crippen molar-refractivity contribution in [2.75, 3.05) is 0 Å². The Kier molecular flexibility index (Phi) is 3.36. The highest BCUT2D eigenvalue weighted by Crippen LogP contribution is 2.28. The number of hydrazone groups is 1. The van der Waals surface area contributed by atoms with E-state index >= 15 is 0 Å². The first-order chi connectivity index (χ1) is 8.58. The van der Waals surface area contributed by atoms with Crippen molar-refractivity contribution in [2.45, 2.75) is 19.8 Å². The average Bonchev–Trinajstić information content (AvgIpc) is 3.20. The fourth-order valence-corrected chi connectivity index (χ4v) is 1.46. The summed E-state index contributed by atoms with van der Waals surface area (Å²) in [5, 5.41) is 14.5. The van der Waals surface area contributed by atoms with Crippen molar-refractivity contribution >= 4 is 17.3 Å². The maximum Gasteiger partial charge on any atom is 0.269 e. The van der Waals surface area contributed by atoms with Crippen LogP contribution < -0.4 is 5.43 Å². The van der Waals surface area contributed by atoms with E-state index in [1.165, 1.54) is 12.1 Å². The molecule has 6 nitrogen and oxygen atoms in total. The highest BCUT2D eigenvalue weighted by atomic mass is 16.6. The van der Waals surface area contributed by atoms with Gasteiger partial charge in [-0.3, -0.25) is 14.9 Å². The Balaban J connectivity index is 2.02. The summed E-state index contributed by atoms with van der Waals surface area (Å²) >= 11 is 0. The molecule has 94 valence electrons. The molecule has 0 saturated heterocycles. The monoisotopic (exact) mass is 247 g/mol. The fourth-order valence-electron chi connectivity index (χ4n) is 1.46. The van der Waals surface area contributed by atoms with E-state index in [1.807, 2.05) is 0 Å². The predicted octanol–water partition coefficient (Wildman–Crippen LogP) is 1.84. The van der Waals surface area contributed by atoms with Crippen molar-refractivity contribution < 1.29 is 9.72 Å². The van der Waals surface area contributed by atoms with Gasteiger partial charge in [0.2, 0.25) is 5.91 Å². The smallest absolute Gasteiger partial charge is 0.269 e. The number of nitrogens with one attached hydrogen (secondary N) is 1. The van der Waals surface area contributed by atoms with Crippen molar-refractivity contribution in [3.05, 3.63) is 39.9 Å². The number of carbonyl (C=O) groups is 1. The molecule has 1 amide bonds. The quantitative estimate of drug-likeness (QED) is 0.500. The van der Waals surface area contributed by atoms with Gasteiger partial charge in [-0.1, -0.05) is 0 Å². The lowest BCUT2D eigenvalue weighted by Crippen LogP contribution is -2.20. The number of hydrogen-bond acceptors (Lipinski definition) is 4. The van der Waals surface area contributed by atoms with Crippen molar-refractivity contribution in [3.8, 4) is 0 Å². The summed E-state index contributed by atoms with van der Waals surface area (Å²) in [6.07, 6.45) is 1.86. The topological polar surface area (TPSA) is 84.6 Å². The van der Waals surface area contributed by atoms with Crippen LogP contribution in [-0.4, -0.2) is 16.5 Å².